The smallest absolute Gasteiger partial charge is 0.296 e. The Morgan fingerprint density at radius 2 is 2.40 bits per heavy atom. The molecule has 10 heavy (non-hydrogen) atoms. The first kappa shape index (κ1) is 7.08. The Morgan fingerprint density at radius 3 is 2.70 bits per heavy atom. The minimum absolute atomic E-state index is 0.428. The molecule has 4 nitrogen and oxygen atoms in total. The summed E-state index contributed by atoms with van der Waals surface area (Å²) >= 11 is 0. The summed E-state index contributed by atoms with van der Waals surface area (Å²) < 4.78 is 5.05. The summed E-state index contributed by atoms with van der Waals surface area (Å²) in [5.41, 5.74) is 6.10. The highest BCUT2D eigenvalue weighted by molar-refractivity contribution is 5.23. The van der Waals surface area contributed by atoms with Crippen molar-refractivity contribution in [1.29, 1.82) is 0 Å². The lowest BCUT2D eigenvalue weighted by molar-refractivity contribution is 0.554. The fourth-order valence-corrected chi connectivity index (χ4v) is 0.595. The maximum absolute atomic E-state index is 5.32. The van der Waals surface area contributed by atoms with E-state index >= 15 is 0 Å². The van der Waals surface area contributed by atoms with E-state index in [9.17, 15) is 0 Å². The minimum Gasteiger partial charge on any atom is -0.432 e. The van der Waals surface area contributed by atoms with Gasteiger partial charge in [-0.05, 0) is 0 Å². The molecule has 0 radical (unpaired) electrons. The van der Waals surface area contributed by atoms with Gasteiger partial charge in [-0.1, -0.05) is 0 Å². The summed E-state index contributed by atoms with van der Waals surface area (Å²) in [4.78, 5) is 5.85. The predicted molar refractivity (Wildman–Crippen MR) is 38.7 cm³/mol. The van der Waals surface area contributed by atoms with Gasteiger partial charge in [0.1, 0.15) is 6.26 Å². The van der Waals surface area contributed by atoms with Crippen LogP contribution in [0.4, 0.5) is 6.01 Å². The Hall–Kier alpha value is -1.03. The van der Waals surface area contributed by atoms with Crippen molar-refractivity contribution < 1.29 is 4.42 Å². The van der Waals surface area contributed by atoms with Crippen molar-refractivity contribution >= 4 is 6.01 Å². The Balaban J connectivity index is 2.78. The summed E-state index contributed by atoms with van der Waals surface area (Å²) in [5.74, 6) is 0. The summed E-state index contributed by atoms with van der Waals surface area (Å²) in [6, 6.07) is 0.598. The molecule has 1 heterocycles. The fourth-order valence-electron chi connectivity index (χ4n) is 0.595. The lowest BCUT2D eigenvalue weighted by Crippen LogP contribution is -2.09. The van der Waals surface area contributed by atoms with Gasteiger partial charge in [0.25, 0.3) is 6.01 Å². The molecule has 0 saturated heterocycles. The van der Waals surface area contributed by atoms with E-state index in [0.717, 1.165) is 5.69 Å². The van der Waals surface area contributed by atoms with Crippen molar-refractivity contribution in [1.82, 2.24) is 4.98 Å². The van der Waals surface area contributed by atoms with Gasteiger partial charge < -0.3 is 15.1 Å². The van der Waals surface area contributed by atoms with E-state index in [1.54, 1.807) is 11.2 Å². The zero-order valence-corrected chi connectivity index (χ0v) is 6.16. The Labute approximate surface area is 59.6 Å². The third-order valence-electron chi connectivity index (χ3n) is 1.13. The van der Waals surface area contributed by atoms with Crippen LogP contribution in [0.3, 0.4) is 0 Å². The summed E-state index contributed by atoms with van der Waals surface area (Å²) in [5, 5.41) is 0. The Bertz CT molecular complexity index is 207. The standard InChI is InChI=1S/C6H11N3O/c1-9(2)6-8-5(3-7)4-10-6/h4H,3,7H2,1-2H3. The molecule has 0 aliphatic carbocycles. The number of oxazole rings is 1. The average molecular weight is 141 g/mol. The highest BCUT2D eigenvalue weighted by atomic mass is 16.4. The number of nitrogens with two attached hydrogens (primary N) is 1. The molecule has 0 atom stereocenters. The van der Waals surface area contributed by atoms with Gasteiger partial charge in [-0.2, -0.15) is 4.98 Å². The first-order valence-corrected chi connectivity index (χ1v) is 3.06. The number of nitrogens with zero attached hydrogens (tertiary/aromatic N) is 2. The maximum atomic E-state index is 5.32. The van der Waals surface area contributed by atoms with Crippen molar-refractivity contribution in [3.8, 4) is 0 Å². The van der Waals surface area contributed by atoms with Gasteiger partial charge in [-0.3, -0.25) is 0 Å². The van der Waals surface area contributed by atoms with E-state index in [0.29, 0.717) is 12.6 Å². The molecule has 0 spiro atoms. The van der Waals surface area contributed by atoms with E-state index in [1.807, 2.05) is 14.1 Å². The predicted octanol–water partition coefficient (Wildman–Crippen LogP) is 0.199. The largest absolute Gasteiger partial charge is 0.432 e. The zero-order chi connectivity index (χ0) is 7.56. The Kier molecular flexibility index (Phi) is 1.91. The second-order valence-electron chi connectivity index (χ2n) is 2.22. The van der Waals surface area contributed by atoms with Crippen molar-refractivity contribution in [3.63, 3.8) is 0 Å². The van der Waals surface area contributed by atoms with Crippen LogP contribution < -0.4 is 10.6 Å². The Morgan fingerprint density at radius 1 is 1.70 bits per heavy atom. The molecular weight excluding hydrogens is 130 g/mol. The zero-order valence-electron chi connectivity index (χ0n) is 6.16. The highest BCUT2D eigenvalue weighted by Crippen LogP contribution is 2.08. The van der Waals surface area contributed by atoms with Crippen molar-refractivity contribution in [2.75, 3.05) is 19.0 Å². The van der Waals surface area contributed by atoms with Gasteiger partial charge >= 0.3 is 0 Å². The molecule has 2 N–H and O–H groups in total. The van der Waals surface area contributed by atoms with Gasteiger partial charge in [-0.25, -0.2) is 0 Å². The third-order valence-corrected chi connectivity index (χ3v) is 1.13. The number of anilines is 1. The molecule has 4 heteroatoms. The van der Waals surface area contributed by atoms with Crippen LogP contribution in [0.25, 0.3) is 0 Å². The van der Waals surface area contributed by atoms with Crippen LogP contribution in [-0.2, 0) is 6.54 Å². The van der Waals surface area contributed by atoms with Crippen molar-refractivity contribution in [2.45, 2.75) is 6.54 Å². The van der Waals surface area contributed by atoms with E-state index in [1.165, 1.54) is 0 Å². The molecule has 0 amide bonds. The maximum Gasteiger partial charge on any atom is 0.296 e. The summed E-state index contributed by atoms with van der Waals surface area (Å²) in [6.07, 6.45) is 1.56. The normalized spacial score (nSPS) is 9.90. The fraction of sp³-hybridized carbons (Fsp3) is 0.500. The molecule has 1 aromatic rings. The molecule has 56 valence electrons. The lowest BCUT2D eigenvalue weighted by atomic mass is 10.5. The molecule has 0 aromatic carbocycles. The monoisotopic (exact) mass is 141 g/mol. The molecule has 0 bridgehead atoms. The second kappa shape index (κ2) is 2.70. The minimum atomic E-state index is 0.428. The van der Waals surface area contributed by atoms with Crippen LogP contribution in [0.5, 0.6) is 0 Å². The van der Waals surface area contributed by atoms with Crippen LogP contribution in [0.1, 0.15) is 5.69 Å². The summed E-state index contributed by atoms with van der Waals surface area (Å²) in [7, 11) is 3.73. The highest BCUT2D eigenvalue weighted by Gasteiger charge is 2.02. The molecular formula is C6H11N3O. The van der Waals surface area contributed by atoms with Crippen LogP contribution in [0, 0.1) is 0 Å². The second-order valence-corrected chi connectivity index (χ2v) is 2.22. The quantitative estimate of drug-likeness (QED) is 0.639. The van der Waals surface area contributed by atoms with Crippen molar-refractivity contribution in [3.05, 3.63) is 12.0 Å². The summed E-state index contributed by atoms with van der Waals surface area (Å²) in [6.45, 7) is 0.428. The van der Waals surface area contributed by atoms with E-state index < -0.39 is 0 Å². The molecule has 0 aliphatic heterocycles. The molecule has 0 fully saturated rings. The van der Waals surface area contributed by atoms with Crippen LogP contribution >= 0.6 is 0 Å². The molecule has 0 saturated carbocycles. The number of rotatable bonds is 2. The molecule has 0 unspecified atom stereocenters. The topological polar surface area (TPSA) is 55.3 Å². The van der Waals surface area contributed by atoms with E-state index in [2.05, 4.69) is 4.98 Å². The van der Waals surface area contributed by atoms with Crippen LogP contribution in [0.2, 0.25) is 0 Å². The van der Waals surface area contributed by atoms with Gasteiger partial charge in [-0.15, -0.1) is 0 Å². The molecule has 1 aromatic heterocycles. The number of hydrogen-bond acceptors (Lipinski definition) is 4. The van der Waals surface area contributed by atoms with Crippen molar-refractivity contribution in [2.24, 2.45) is 5.73 Å². The van der Waals surface area contributed by atoms with Gasteiger partial charge in [0.15, 0.2) is 0 Å². The molecule has 1 rings (SSSR count). The van der Waals surface area contributed by atoms with E-state index in [4.69, 9.17) is 10.2 Å². The first-order chi connectivity index (χ1) is 4.74. The van der Waals surface area contributed by atoms with E-state index in [-0.39, 0.29) is 0 Å². The SMILES string of the molecule is CN(C)c1nc(CN)co1. The first-order valence-electron chi connectivity index (χ1n) is 3.06. The molecule has 0 aliphatic rings. The average Bonchev–Trinajstić information content (AvgIpc) is 2.34. The number of hydrogen-bond donors (Lipinski definition) is 1. The van der Waals surface area contributed by atoms with Crippen LogP contribution in [-0.4, -0.2) is 19.1 Å². The van der Waals surface area contributed by atoms with Gasteiger partial charge in [0, 0.05) is 20.6 Å². The third kappa shape index (κ3) is 1.27. The van der Waals surface area contributed by atoms with Crippen LogP contribution in [0.15, 0.2) is 10.7 Å². The van der Waals surface area contributed by atoms with Gasteiger partial charge in [0.05, 0.1) is 5.69 Å². The lowest BCUT2D eigenvalue weighted by Gasteiger charge is -2.03. The number of aromatic nitrogens is 1. The van der Waals surface area contributed by atoms with Gasteiger partial charge in [0.2, 0.25) is 0 Å².